The lowest BCUT2D eigenvalue weighted by Gasteiger charge is -2.34. The van der Waals surface area contributed by atoms with Crippen LogP contribution in [0.15, 0.2) is 71.6 Å². The van der Waals surface area contributed by atoms with E-state index < -0.39 is 5.41 Å². The van der Waals surface area contributed by atoms with Crippen molar-refractivity contribution in [2.45, 2.75) is 51.3 Å². The molecule has 0 saturated heterocycles. The molecule has 1 unspecified atom stereocenters. The molecule has 150 valence electrons. The lowest BCUT2D eigenvalue weighted by molar-refractivity contribution is 0.0905. The fourth-order valence-electron chi connectivity index (χ4n) is 3.92. The van der Waals surface area contributed by atoms with Gasteiger partial charge >= 0.3 is 0 Å². The number of thioether (sulfide) groups is 1. The Bertz CT molecular complexity index is 1020. The van der Waals surface area contributed by atoms with E-state index >= 15 is 0 Å². The van der Waals surface area contributed by atoms with E-state index in [1.165, 1.54) is 22.3 Å². The largest absolute Gasteiger partial charge is 0.293 e. The zero-order chi connectivity index (χ0) is 21.0. The Labute approximate surface area is 179 Å². The van der Waals surface area contributed by atoms with E-state index in [9.17, 15) is 4.79 Å². The van der Waals surface area contributed by atoms with E-state index in [1.54, 1.807) is 11.8 Å². The molecule has 4 rings (SSSR count). The summed E-state index contributed by atoms with van der Waals surface area (Å²) in [7, 11) is 0. The van der Waals surface area contributed by atoms with Crippen LogP contribution in [0.2, 0.25) is 0 Å². The highest BCUT2D eigenvalue weighted by Gasteiger charge is 2.41. The number of Topliss-reactive ketones (excluding diaryl/α,β-unsaturated/α-hetero) is 1. The van der Waals surface area contributed by atoms with Crippen LogP contribution in [-0.4, -0.2) is 11.5 Å². The van der Waals surface area contributed by atoms with E-state index in [4.69, 9.17) is 0 Å². The first-order chi connectivity index (χ1) is 13.9. The number of benzene rings is 3. The van der Waals surface area contributed by atoms with Gasteiger partial charge in [-0.1, -0.05) is 61.5 Å². The maximum Gasteiger partial charge on any atom is 0.175 e. The third-order valence-electron chi connectivity index (χ3n) is 5.78. The first-order valence-electron chi connectivity index (χ1n) is 10.3. The summed E-state index contributed by atoms with van der Waals surface area (Å²) in [6, 6.07) is 22.9. The van der Waals surface area contributed by atoms with Crippen LogP contribution in [0, 0.1) is 20.8 Å². The predicted molar refractivity (Wildman–Crippen MR) is 125 cm³/mol. The standard InChI is InChI=1S/C18H18OS.C9H12/c1-12-8-9-14-16(10-12)20-11-18(3,17(14)19)15-7-5-4-6-13(15)2;1-3-9-7-5-4-6-8(9)2/h4-10H,11H2,1-3H3;4-7H,3H2,1-2H3. The number of aryl methyl sites for hydroxylation is 4. The van der Waals surface area contributed by atoms with Crippen LogP contribution in [-0.2, 0) is 11.8 Å². The van der Waals surface area contributed by atoms with Gasteiger partial charge in [-0.15, -0.1) is 11.8 Å². The van der Waals surface area contributed by atoms with E-state index in [-0.39, 0.29) is 5.78 Å². The van der Waals surface area contributed by atoms with Gasteiger partial charge < -0.3 is 0 Å². The second kappa shape index (κ2) is 9.00. The Balaban J connectivity index is 0.000000224. The molecule has 0 saturated carbocycles. The van der Waals surface area contributed by atoms with Gasteiger partial charge in [0.2, 0.25) is 0 Å². The SMILES string of the molecule is CCc1ccccc1C.Cc1ccc2c(c1)SCC(C)(c1ccccc1C)C2=O. The van der Waals surface area contributed by atoms with Gasteiger partial charge in [-0.3, -0.25) is 4.79 Å². The Morgan fingerprint density at radius 3 is 2.17 bits per heavy atom. The van der Waals surface area contributed by atoms with Gasteiger partial charge in [0.1, 0.15) is 0 Å². The summed E-state index contributed by atoms with van der Waals surface area (Å²) >= 11 is 1.80. The molecule has 1 aliphatic rings. The number of rotatable bonds is 2. The zero-order valence-corrected chi connectivity index (χ0v) is 18.9. The number of carbonyl (C=O) groups excluding carboxylic acids is 1. The molecule has 0 radical (unpaired) electrons. The van der Waals surface area contributed by atoms with Crippen LogP contribution in [0.3, 0.4) is 0 Å². The number of fused-ring (bicyclic) bond motifs is 1. The molecule has 0 bridgehead atoms. The number of carbonyl (C=O) groups is 1. The number of hydrogen-bond donors (Lipinski definition) is 0. The fraction of sp³-hybridized carbons (Fsp3) is 0.296. The highest BCUT2D eigenvalue weighted by Crippen LogP contribution is 2.42. The van der Waals surface area contributed by atoms with Crippen molar-refractivity contribution in [2.75, 3.05) is 5.75 Å². The summed E-state index contributed by atoms with van der Waals surface area (Å²) in [5.74, 6) is 1.06. The van der Waals surface area contributed by atoms with Gasteiger partial charge in [-0.05, 0) is 74.1 Å². The van der Waals surface area contributed by atoms with Crippen molar-refractivity contribution in [3.63, 3.8) is 0 Å². The molecule has 0 N–H and O–H groups in total. The third-order valence-corrected chi connectivity index (χ3v) is 7.15. The molecular formula is C27H30OS. The van der Waals surface area contributed by atoms with E-state index in [2.05, 4.69) is 77.1 Å². The summed E-state index contributed by atoms with van der Waals surface area (Å²) in [4.78, 5) is 14.1. The Morgan fingerprint density at radius 2 is 1.55 bits per heavy atom. The minimum Gasteiger partial charge on any atom is -0.293 e. The average Bonchev–Trinajstić information content (AvgIpc) is 2.72. The fourth-order valence-corrected chi connectivity index (χ4v) is 5.24. The molecule has 29 heavy (non-hydrogen) atoms. The summed E-state index contributed by atoms with van der Waals surface area (Å²) < 4.78 is 0. The monoisotopic (exact) mass is 402 g/mol. The van der Waals surface area contributed by atoms with Crippen LogP contribution in [0.5, 0.6) is 0 Å². The van der Waals surface area contributed by atoms with Crippen molar-refractivity contribution in [1.29, 1.82) is 0 Å². The van der Waals surface area contributed by atoms with Gasteiger partial charge in [0, 0.05) is 16.2 Å². The maximum atomic E-state index is 13.0. The quantitative estimate of drug-likeness (QED) is 0.454. The minimum atomic E-state index is -0.418. The molecular weight excluding hydrogens is 372 g/mol. The zero-order valence-electron chi connectivity index (χ0n) is 18.1. The Morgan fingerprint density at radius 1 is 0.897 bits per heavy atom. The first kappa shape index (κ1) is 21.4. The molecule has 0 spiro atoms. The van der Waals surface area contributed by atoms with Crippen molar-refractivity contribution < 1.29 is 4.79 Å². The van der Waals surface area contributed by atoms with Gasteiger partial charge in [-0.25, -0.2) is 0 Å². The molecule has 1 atom stereocenters. The molecule has 0 aromatic heterocycles. The van der Waals surface area contributed by atoms with Crippen LogP contribution in [0.4, 0.5) is 0 Å². The van der Waals surface area contributed by atoms with E-state index in [0.29, 0.717) is 0 Å². The summed E-state index contributed by atoms with van der Waals surface area (Å²) in [5.41, 5.74) is 6.88. The molecule has 1 aliphatic heterocycles. The van der Waals surface area contributed by atoms with Crippen molar-refractivity contribution in [3.05, 3.63) is 100 Å². The average molecular weight is 403 g/mol. The van der Waals surface area contributed by atoms with E-state index in [1.807, 2.05) is 24.3 Å². The maximum absolute atomic E-state index is 13.0. The second-order valence-electron chi connectivity index (χ2n) is 8.04. The lowest BCUT2D eigenvalue weighted by Crippen LogP contribution is -2.38. The number of hydrogen-bond acceptors (Lipinski definition) is 2. The predicted octanol–water partition coefficient (Wildman–Crippen LogP) is 7.11. The van der Waals surface area contributed by atoms with Gasteiger partial charge in [0.15, 0.2) is 5.78 Å². The lowest BCUT2D eigenvalue weighted by atomic mass is 9.75. The van der Waals surface area contributed by atoms with Crippen LogP contribution in [0.25, 0.3) is 0 Å². The Hall–Kier alpha value is -2.32. The molecule has 0 fully saturated rings. The Kier molecular flexibility index (Phi) is 6.64. The summed E-state index contributed by atoms with van der Waals surface area (Å²) in [5, 5.41) is 0. The van der Waals surface area contributed by atoms with Crippen molar-refractivity contribution in [2.24, 2.45) is 0 Å². The molecule has 0 amide bonds. The van der Waals surface area contributed by atoms with Gasteiger partial charge in [0.05, 0.1) is 5.41 Å². The van der Waals surface area contributed by atoms with Crippen molar-refractivity contribution in [1.82, 2.24) is 0 Å². The van der Waals surface area contributed by atoms with Crippen molar-refractivity contribution >= 4 is 17.5 Å². The van der Waals surface area contributed by atoms with Crippen LogP contribution in [0.1, 0.15) is 52.0 Å². The van der Waals surface area contributed by atoms with E-state index in [0.717, 1.165) is 28.2 Å². The van der Waals surface area contributed by atoms with Crippen LogP contribution < -0.4 is 0 Å². The molecule has 1 heterocycles. The summed E-state index contributed by atoms with van der Waals surface area (Å²) in [6.07, 6.45) is 1.15. The third kappa shape index (κ3) is 4.48. The molecule has 3 aromatic rings. The first-order valence-corrected chi connectivity index (χ1v) is 11.2. The van der Waals surface area contributed by atoms with Gasteiger partial charge in [0.25, 0.3) is 0 Å². The summed E-state index contributed by atoms with van der Waals surface area (Å²) in [6.45, 7) is 10.6. The second-order valence-corrected chi connectivity index (χ2v) is 9.06. The normalized spacial score (nSPS) is 17.9. The smallest absolute Gasteiger partial charge is 0.175 e. The topological polar surface area (TPSA) is 17.1 Å². The highest BCUT2D eigenvalue weighted by atomic mass is 32.2. The minimum absolute atomic E-state index is 0.251. The molecule has 1 nitrogen and oxygen atoms in total. The highest BCUT2D eigenvalue weighted by molar-refractivity contribution is 7.99. The number of ketones is 1. The molecule has 3 aromatic carbocycles. The molecule has 0 aliphatic carbocycles. The van der Waals surface area contributed by atoms with Gasteiger partial charge in [-0.2, -0.15) is 0 Å². The van der Waals surface area contributed by atoms with Crippen LogP contribution >= 0.6 is 11.8 Å². The molecule has 2 heteroatoms. The van der Waals surface area contributed by atoms with Crippen molar-refractivity contribution in [3.8, 4) is 0 Å².